The summed E-state index contributed by atoms with van der Waals surface area (Å²) in [6.07, 6.45) is 0.898. The van der Waals surface area contributed by atoms with Crippen molar-refractivity contribution in [2.24, 2.45) is 0 Å². The molecule has 146 valence electrons. The minimum absolute atomic E-state index is 0.898. The van der Waals surface area contributed by atoms with Crippen LogP contribution in [0.1, 0.15) is 11.1 Å². The van der Waals surface area contributed by atoms with Gasteiger partial charge in [-0.2, -0.15) is 0 Å². The number of H-pyrrole nitrogens is 1. The topological polar surface area (TPSA) is 35.2 Å². The van der Waals surface area contributed by atoms with Crippen molar-refractivity contribution in [3.63, 3.8) is 0 Å². The molecule has 5 rings (SSSR count). The van der Waals surface area contributed by atoms with Crippen LogP contribution in [0.3, 0.4) is 0 Å². The number of likely N-dealkylation sites (N-methyl/N-ethyl adjacent to an activating group) is 1. The Bertz CT molecular complexity index is 1090. The summed E-state index contributed by atoms with van der Waals surface area (Å²) in [5.74, 6) is 0.942. The van der Waals surface area contributed by atoms with E-state index in [1.807, 2.05) is 12.1 Å². The van der Waals surface area contributed by atoms with Crippen LogP contribution in [0.4, 0.5) is 5.69 Å². The largest absolute Gasteiger partial charge is 0.369 e. The second kappa shape index (κ2) is 7.72. The van der Waals surface area contributed by atoms with Crippen LogP contribution in [0.15, 0.2) is 72.8 Å². The quantitative estimate of drug-likeness (QED) is 0.561. The minimum Gasteiger partial charge on any atom is -0.369 e. The molecular formula is C25H26N4. The molecule has 0 bridgehead atoms. The van der Waals surface area contributed by atoms with Gasteiger partial charge in [0.15, 0.2) is 0 Å². The first-order valence-corrected chi connectivity index (χ1v) is 10.3. The highest BCUT2D eigenvalue weighted by atomic mass is 15.2. The third kappa shape index (κ3) is 3.76. The van der Waals surface area contributed by atoms with Crippen molar-refractivity contribution in [3.8, 4) is 11.4 Å². The van der Waals surface area contributed by atoms with Crippen molar-refractivity contribution in [2.75, 3.05) is 38.1 Å². The molecule has 0 atom stereocenters. The summed E-state index contributed by atoms with van der Waals surface area (Å²) in [5, 5.41) is 0. The molecule has 0 unspecified atom stereocenters. The lowest BCUT2D eigenvalue weighted by Gasteiger charge is -2.34. The molecule has 3 aromatic carbocycles. The zero-order chi connectivity index (χ0) is 19.6. The van der Waals surface area contributed by atoms with E-state index in [0.29, 0.717) is 0 Å². The third-order valence-electron chi connectivity index (χ3n) is 5.84. The van der Waals surface area contributed by atoms with Crippen molar-refractivity contribution < 1.29 is 0 Å². The molecular weight excluding hydrogens is 356 g/mol. The SMILES string of the molecule is CN1CCN(c2cccc(Cc3ccccc3-c3nc4ccccc4[nH]3)c2)CC1. The van der Waals surface area contributed by atoms with Crippen molar-refractivity contribution >= 4 is 16.7 Å². The van der Waals surface area contributed by atoms with Crippen LogP contribution in [0.5, 0.6) is 0 Å². The molecule has 1 aliphatic rings. The summed E-state index contributed by atoms with van der Waals surface area (Å²) in [6.45, 7) is 4.43. The first-order valence-electron chi connectivity index (χ1n) is 10.3. The number of benzene rings is 3. The van der Waals surface area contributed by atoms with Gasteiger partial charge in [0.1, 0.15) is 5.82 Å². The number of anilines is 1. The second-order valence-corrected chi connectivity index (χ2v) is 7.90. The van der Waals surface area contributed by atoms with Crippen LogP contribution >= 0.6 is 0 Å². The predicted octanol–water partition coefficient (Wildman–Crippen LogP) is 4.57. The van der Waals surface area contributed by atoms with Crippen molar-refractivity contribution in [2.45, 2.75) is 6.42 Å². The Kier molecular flexibility index (Phi) is 4.78. The van der Waals surface area contributed by atoms with Crippen LogP contribution in [0.2, 0.25) is 0 Å². The molecule has 4 nitrogen and oxygen atoms in total. The van der Waals surface area contributed by atoms with Crippen LogP contribution in [0, 0.1) is 0 Å². The van der Waals surface area contributed by atoms with Gasteiger partial charge in [-0.05, 0) is 48.9 Å². The lowest BCUT2D eigenvalue weighted by atomic mass is 9.99. The van der Waals surface area contributed by atoms with Gasteiger partial charge >= 0.3 is 0 Å². The van der Waals surface area contributed by atoms with Gasteiger partial charge in [0, 0.05) is 37.4 Å². The van der Waals surface area contributed by atoms with Crippen LogP contribution in [-0.4, -0.2) is 48.1 Å². The number of fused-ring (bicyclic) bond motifs is 1. The van der Waals surface area contributed by atoms with Gasteiger partial charge in [-0.3, -0.25) is 0 Å². The van der Waals surface area contributed by atoms with E-state index in [0.717, 1.165) is 49.5 Å². The van der Waals surface area contributed by atoms with Gasteiger partial charge in [0.2, 0.25) is 0 Å². The van der Waals surface area contributed by atoms with Crippen molar-refractivity contribution in [3.05, 3.63) is 83.9 Å². The molecule has 1 aliphatic heterocycles. The maximum absolute atomic E-state index is 4.81. The number of nitrogens with one attached hydrogen (secondary N) is 1. The van der Waals surface area contributed by atoms with Gasteiger partial charge in [-0.15, -0.1) is 0 Å². The number of hydrogen-bond donors (Lipinski definition) is 1. The minimum atomic E-state index is 0.898. The molecule has 0 saturated carbocycles. The van der Waals surface area contributed by atoms with E-state index in [1.54, 1.807) is 0 Å². The maximum Gasteiger partial charge on any atom is 0.138 e. The Morgan fingerprint density at radius 1 is 0.862 bits per heavy atom. The summed E-state index contributed by atoms with van der Waals surface area (Å²) in [5.41, 5.74) is 7.22. The average Bonchev–Trinajstić information content (AvgIpc) is 3.19. The average molecular weight is 383 g/mol. The molecule has 1 aromatic heterocycles. The number of aromatic nitrogens is 2. The smallest absolute Gasteiger partial charge is 0.138 e. The summed E-state index contributed by atoms with van der Waals surface area (Å²) < 4.78 is 0. The van der Waals surface area contributed by atoms with Gasteiger partial charge in [0.25, 0.3) is 0 Å². The highest BCUT2D eigenvalue weighted by molar-refractivity contribution is 5.80. The van der Waals surface area contributed by atoms with E-state index in [4.69, 9.17) is 4.98 Å². The maximum atomic E-state index is 4.81. The zero-order valence-corrected chi connectivity index (χ0v) is 16.8. The summed E-state index contributed by atoms with van der Waals surface area (Å²) >= 11 is 0. The first-order chi connectivity index (χ1) is 14.3. The third-order valence-corrected chi connectivity index (χ3v) is 5.84. The fourth-order valence-electron chi connectivity index (χ4n) is 4.13. The number of aromatic amines is 1. The zero-order valence-electron chi connectivity index (χ0n) is 16.8. The molecule has 1 fully saturated rings. The Morgan fingerprint density at radius 2 is 1.66 bits per heavy atom. The van der Waals surface area contributed by atoms with E-state index >= 15 is 0 Å². The van der Waals surface area contributed by atoms with Gasteiger partial charge in [-0.1, -0.05) is 48.5 Å². The number of nitrogens with zero attached hydrogens (tertiary/aromatic N) is 3. The lowest BCUT2D eigenvalue weighted by molar-refractivity contribution is 0.313. The van der Waals surface area contributed by atoms with Crippen molar-refractivity contribution in [1.29, 1.82) is 0 Å². The molecule has 0 radical (unpaired) electrons. The molecule has 1 saturated heterocycles. The monoisotopic (exact) mass is 382 g/mol. The van der Waals surface area contributed by atoms with Gasteiger partial charge < -0.3 is 14.8 Å². The van der Waals surface area contributed by atoms with E-state index in [-0.39, 0.29) is 0 Å². The normalized spacial score (nSPS) is 15.1. The number of para-hydroxylation sites is 2. The Labute approximate surface area is 171 Å². The second-order valence-electron chi connectivity index (χ2n) is 7.90. The Morgan fingerprint density at radius 3 is 2.52 bits per heavy atom. The highest BCUT2D eigenvalue weighted by Crippen LogP contribution is 2.27. The standard InChI is InChI=1S/C25H26N4/c1-28-13-15-29(16-14-28)21-9-6-7-19(18-21)17-20-8-2-3-10-22(20)25-26-23-11-4-5-12-24(23)27-25/h2-12,18H,13-17H2,1H3,(H,26,27). The Balaban J connectivity index is 1.43. The lowest BCUT2D eigenvalue weighted by Crippen LogP contribution is -2.44. The summed E-state index contributed by atoms with van der Waals surface area (Å²) in [6, 6.07) is 25.8. The highest BCUT2D eigenvalue weighted by Gasteiger charge is 2.15. The number of hydrogen-bond acceptors (Lipinski definition) is 3. The van der Waals surface area contributed by atoms with Crippen LogP contribution < -0.4 is 4.90 Å². The van der Waals surface area contributed by atoms with Crippen LogP contribution in [0.25, 0.3) is 22.4 Å². The molecule has 4 aromatic rings. The predicted molar refractivity (Wildman–Crippen MR) is 120 cm³/mol. The molecule has 0 amide bonds. The van der Waals surface area contributed by atoms with E-state index in [1.165, 1.54) is 22.4 Å². The fourth-order valence-corrected chi connectivity index (χ4v) is 4.13. The molecule has 4 heteroatoms. The number of piperazine rings is 1. The molecule has 0 spiro atoms. The van der Waals surface area contributed by atoms with E-state index in [9.17, 15) is 0 Å². The summed E-state index contributed by atoms with van der Waals surface area (Å²) in [7, 11) is 2.20. The van der Waals surface area contributed by atoms with Crippen molar-refractivity contribution in [1.82, 2.24) is 14.9 Å². The number of rotatable bonds is 4. The molecule has 29 heavy (non-hydrogen) atoms. The van der Waals surface area contributed by atoms with E-state index < -0.39 is 0 Å². The molecule has 1 N–H and O–H groups in total. The molecule has 0 aliphatic carbocycles. The van der Waals surface area contributed by atoms with Gasteiger partial charge in [-0.25, -0.2) is 4.98 Å². The fraction of sp³-hybridized carbons (Fsp3) is 0.240. The molecule has 2 heterocycles. The van der Waals surface area contributed by atoms with E-state index in [2.05, 4.69) is 82.5 Å². The summed E-state index contributed by atoms with van der Waals surface area (Å²) in [4.78, 5) is 13.2. The van der Waals surface area contributed by atoms with Gasteiger partial charge in [0.05, 0.1) is 11.0 Å². The first kappa shape index (κ1) is 18.0. The Hall–Kier alpha value is -3.11. The van der Waals surface area contributed by atoms with Crippen LogP contribution in [-0.2, 0) is 6.42 Å². The number of imidazole rings is 1.